The number of fused-ring (bicyclic) bond motifs is 9. The molecule has 1 aliphatic carbocycles. The second-order valence-corrected chi connectivity index (χ2v) is 15.8. The zero-order valence-corrected chi connectivity index (χ0v) is 31.3. The topological polar surface area (TPSA) is 61.0 Å². The third kappa shape index (κ3) is 5.25. The lowest BCUT2D eigenvalue weighted by Crippen LogP contribution is -2.23. The van der Waals surface area contributed by atoms with E-state index in [0.717, 1.165) is 66.6 Å². The van der Waals surface area contributed by atoms with E-state index in [0.29, 0.717) is 17.5 Å². The van der Waals surface area contributed by atoms with Crippen molar-refractivity contribution in [1.82, 2.24) is 15.0 Å². The summed E-state index contributed by atoms with van der Waals surface area (Å²) in [5, 5.41) is 4.74. The lowest BCUT2D eigenvalue weighted by Gasteiger charge is -2.22. The van der Waals surface area contributed by atoms with Crippen molar-refractivity contribution in [2.45, 2.75) is 12.0 Å². The van der Waals surface area contributed by atoms with Gasteiger partial charge >= 0.3 is 0 Å². The summed E-state index contributed by atoms with van der Waals surface area (Å²) in [6.07, 6.45) is 6.16. The third-order valence-corrected chi connectivity index (χ3v) is 12.4. The highest BCUT2D eigenvalue weighted by molar-refractivity contribution is 7.25. The van der Waals surface area contributed by atoms with Crippen molar-refractivity contribution >= 4 is 59.0 Å². The number of thiophene rings is 1. The van der Waals surface area contributed by atoms with Gasteiger partial charge in [0.2, 0.25) is 0 Å². The number of aromatic nitrogens is 3. The third-order valence-electron chi connectivity index (χ3n) is 11.3. The maximum Gasteiger partial charge on any atom is 0.164 e. The molecule has 2 aliphatic rings. The number of hydrogen-bond acceptors (Lipinski definition) is 6. The smallest absolute Gasteiger partial charge is 0.164 e. The molecule has 2 atom stereocenters. The zero-order chi connectivity index (χ0) is 37.5. The molecule has 0 fully saturated rings. The van der Waals surface area contributed by atoms with Gasteiger partial charge in [0.05, 0.1) is 0 Å². The summed E-state index contributed by atoms with van der Waals surface area (Å²) in [4.78, 5) is 15.4. The fraction of sp³-hybridized carbons (Fsp3) is 0.0392. The number of ether oxygens (including phenoxy) is 1. The van der Waals surface area contributed by atoms with Crippen molar-refractivity contribution in [3.8, 4) is 50.8 Å². The van der Waals surface area contributed by atoms with E-state index >= 15 is 0 Å². The molecule has 0 N–H and O–H groups in total. The van der Waals surface area contributed by atoms with Crippen molar-refractivity contribution < 1.29 is 9.15 Å². The van der Waals surface area contributed by atoms with Gasteiger partial charge in [-0.25, -0.2) is 15.0 Å². The molecule has 0 spiro atoms. The second-order valence-electron chi connectivity index (χ2n) is 14.7. The molecule has 1 aliphatic heterocycles. The van der Waals surface area contributed by atoms with Crippen molar-refractivity contribution in [1.29, 1.82) is 0 Å². The maximum atomic E-state index is 6.58. The van der Waals surface area contributed by atoms with E-state index in [9.17, 15) is 0 Å². The van der Waals surface area contributed by atoms with Crippen LogP contribution in [-0.2, 0) is 0 Å². The molecular formula is C51H31N3O2S. The van der Waals surface area contributed by atoms with Crippen molar-refractivity contribution in [3.05, 3.63) is 187 Å². The maximum absolute atomic E-state index is 6.58. The number of allylic oxidation sites excluding steroid dienone is 2. The zero-order valence-electron chi connectivity index (χ0n) is 30.5. The molecule has 0 amide bonds. The van der Waals surface area contributed by atoms with E-state index in [1.165, 1.54) is 25.7 Å². The average molecular weight is 750 g/mol. The minimum absolute atomic E-state index is 0.0870. The van der Waals surface area contributed by atoms with Gasteiger partial charge in [0.25, 0.3) is 0 Å². The molecule has 3 aromatic heterocycles. The van der Waals surface area contributed by atoms with Crippen LogP contribution in [0.15, 0.2) is 180 Å². The minimum atomic E-state index is -0.227. The Labute approximate surface area is 331 Å². The van der Waals surface area contributed by atoms with Gasteiger partial charge in [-0.1, -0.05) is 133 Å². The highest BCUT2D eigenvalue weighted by atomic mass is 32.1. The standard InChI is InChI=1S/C51H31N3O2S/c1-2-12-30(13-3-1)49-52-50(54-51(53-49)40-20-11-19-38-35-16-4-7-21-42(35)56-48(38)40)33-15-10-14-32(26-33)41-27-34(28-44-47(41)39-18-5-8-22-43(39)55-44)31-24-25-37-36-17-6-9-23-45(36)57-46(37)29-31/h1-29,38,48H. The average Bonchev–Trinajstić information content (AvgIpc) is 3.97. The van der Waals surface area contributed by atoms with Crippen LogP contribution in [0.5, 0.6) is 5.75 Å². The lowest BCUT2D eigenvalue weighted by atomic mass is 9.87. The molecule has 10 aromatic rings. The van der Waals surface area contributed by atoms with Gasteiger partial charge in [-0.05, 0) is 64.7 Å². The van der Waals surface area contributed by atoms with Crippen LogP contribution in [0.3, 0.4) is 0 Å². The van der Waals surface area contributed by atoms with E-state index in [-0.39, 0.29) is 12.0 Å². The van der Waals surface area contributed by atoms with Crippen LogP contribution in [0, 0.1) is 0 Å². The number of furan rings is 1. The Morgan fingerprint density at radius 3 is 2.16 bits per heavy atom. The summed E-state index contributed by atoms with van der Waals surface area (Å²) in [5.74, 6) is 2.81. The van der Waals surface area contributed by atoms with Crippen LogP contribution in [0.25, 0.3) is 92.7 Å². The molecule has 12 rings (SSSR count). The molecule has 0 bridgehead atoms. The summed E-state index contributed by atoms with van der Waals surface area (Å²) in [7, 11) is 0. The van der Waals surface area contributed by atoms with Gasteiger partial charge < -0.3 is 9.15 Å². The van der Waals surface area contributed by atoms with Gasteiger partial charge in [0, 0.05) is 59.1 Å². The van der Waals surface area contributed by atoms with Crippen LogP contribution in [0.1, 0.15) is 17.3 Å². The SMILES string of the molecule is C1=CC2c3ccccc3OC2C(c2nc(-c3ccccc3)nc(-c3cccc(-c4cc(-c5ccc6c(c5)sc5ccccc56)cc5oc6ccccc6c45)c3)n2)=C1. The van der Waals surface area contributed by atoms with E-state index in [2.05, 4.69) is 121 Å². The Hall–Kier alpha value is -7.15. The first-order valence-electron chi connectivity index (χ1n) is 19.2. The predicted molar refractivity (Wildman–Crippen MR) is 232 cm³/mol. The Balaban J connectivity index is 1.02. The summed E-state index contributed by atoms with van der Waals surface area (Å²) in [6, 6.07) is 55.1. The van der Waals surface area contributed by atoms with Crippen molar-refractivity contribution in [2.24, 2.45) is 0 Å². The molecule has 0 saturated carbocycles. The van der Waals surface area contributed by atoms with E-state index in [1.54, 1.807) is 0 Å². The fourth-order valence-electron chi connectivity index (χ4n) is 8.60. The van der Waals surface area contributed by atoms with Crippen LogP contribution in [-0.4, -0.2) is 21.1 Å². The Morgan fingerprint density at radius 1 is 0.491 bits per heavy atom. The monoisotopic (exact) mass is 749 g/mol. The summed E-state index contributed by atoms with van der Waals surface area (Å²) in [5.41, 5.74) is 10.0. The first kappa shape index (κ1) is 32.1. The molecule has 6 heteroatoms. The Kier molecular flexibility index (Phi) is 7.16. The minimum Gasteiger partial charge on any atom is -0.484 e. The first-order chi connectivity index (χ1) is 28.2. The van der Waals surface area contributed by atoms with Gasteiger partial charge in [0.15, 0.2) is 17.5 Å². The predicted octanol–water partition coefficient (Wildman–Crippen LogP) is 13.3. The second kappa shape index (κ2) is 12.7. The molecule has 2 unspecified atom stereocenters. The van der Waals surface area contributed by atoms with Crippen molar-refractivity contribution in [2.75, 3.05) is 0 Å². The van der Waals surface area contributed by atoms with E-state index < -0.39 is 0 Å². The Bertz CT molecular complexity index is 3300. The number of nitrogens with zero attached hydrogens (tertiary/aromatic N) is 3. The first-order valence-corrected chi connectivity index (χ1v) is 20.0. The highest BCUT2D eigenvalue weighted by Gasteiger charge is 2.38. The van der Waals surface area contributed by atoms with Gasteiger partial charge in [-0.2, -0.15) is 0 Å². The Morgan fingerprint density at radius 2 is 1.23 bits per heavy atom. The molecule has 0 radical (unpaired) electrons. The van der Waals surface area contributed by atoms with E-state index in [4.69, 9.17) is 24.1 Å². The number of rotatable bonds is 5. The largest absolute Gasteiger partial charge is 0.484 e. The molecule has 57 heavy (non-hydrogen) atoms. The summed E-state index contributed by atoms with van der Waals surface area (Å²) in [6.45, 7) is 0. The number of hydrogen-bond donors (Lipinski definition) is 0. The fourth-order valence-corrected chi connectivity index (χ4v) is 9.75. The number of para-hydroxylation sites is 2. The van der Waals surface area contributed by atoms with Gasteiger partial charge in [-0.15, -0.1) is 11.3 Å². The van der Waals surface area contributed by atoms with E-state index in [1.807, 2.05) is 65.9 Å². The quantitative estimate of drug-likeness (QED) is 0.175. The summed E-state index contributed by atoms with van der Waals surface area (Å²) >= 11 is 1.83. The van der Waals surface area contributed by atoms with Crippen LogP contribution in [0.2, 0.25) is 0 Å². The normalized spacial score (nSPS) is 15.9. The van der Waals surface area contributed by atoms with Crippen LogP contribution in [0.4, 0.5) is 0 Å². The van der Waals surface area contributed by atoms with Crippen molar-refractivity contribution in [3.63, 3.8) is 0 Å². The van der Waals surface area contributed by atoms with Gasteiger partial charge in [0.1, 0.15) is 23.0 Å². The molecule has 0 saturated heterocycles. The molecular weight excluding hydrogens is 719 g/mol. The molecule has 4 heterocycles. The summed E-state index contributed by atoms with van der Waals surface area (Å²) < 4.78 is 15.7. The molecule has 7 aromatic carbocycles. The number of benzene rings is 7. The lowest BCUT2D eigenvalue weighted by molar-refractivity contribution is 0.277. The highest BCUT2D eigenvalue weighted by Crippen LogP contribution is 2.46. The van der Waals surface area contributed by atoms with Gasteiger partial charge in [-0.3, -0.25) is 0 Å². The van der Waals surface area contributed by atoms with Crippen LogP contribution >= 0.6 is 11.3 Å². The van der Waals surface area contributed by atoms with Crippen LogP contribution < -0.4 is 4.74 Å². The molecule has 5 nitrogen and oxygen atoms in total. The molecule has 268 valence electrons.